The Morgan fingerprint density at radius 3 is 2.19 bits per heavy atom. The molecule has 0 aliphatic rings. The van der Waals surface area contributed by atoms with Crippen molar-refractivity contribution in [3.05, 3.63) is 29.8 Å². The van der Waals surface area contributed by atoms with Crippen LogP contribution in [0.1, 0.15) is 25.8 Å². The molecule has 0 aliphatic heterocycles. The number of anilines is 1. The molecule has 1 N–H and O–H groups in total. The summed E-state index contributed by atoms with van der Waals surface area (Å²) in [6, 6.07) is 7.79. The third kappa shape index (κ3) is 3.72. The lowest BCUT2D eigenvalue weighted by molar-refractivity contribution is 0.482. The lowest BCUT2D eigenvalue weighted by Gasteiger charge is -2.19. The second-order valence-electron chi connectivity index (χ2n) is 5.16. The summed E-state index contributed by atoms with van der Waals surface area (Å²) in [7, 11) is 5.52. The van der Waals surface area contributed by atoms with Crippen LogP contribution in [0, 0.1) is 6.92 Å². The van der Waals surface area contributed by atoms with Crippen LogP contribution in [0.15, 0.2) is 34.5 Å². The number of azo groups is 1. The number of phenolic OH excluding ortho intramolecular Hbond substituents is 1. The van der Waals surface area contributed by atoms with Crippen molar-refractivity contribution >= 4 is 22.1 Å². The van der Waals surface area contributed by atoms with E-state index in [0.29, 0.717) is 5.69 Å². The van der Waals surface area contributed by atoms with Gasteiger partial charge in [0.05, 0.1) is 5.69 Å². The number of hydrogen-bond acceptors (Lipinski definition) is 4. The summed E-state index contributed by atoms with van der Waals surface area (Å²) < 4.78 is 0. The van der Waals surface area contributed by atoms with Crippen LogP contribution >= 0.6 is 0 Å². The van der Waals surface area contributed by atoms with Crippen molar-refractivity contribution in [2.24, 2.45) is 10.2 Å². The molecule has 0 radical (unpaired) electrons. The summed E-state index contributed by atoms with van der Waals surface area (Å²) in [4.78, 5) is 2.00. The molecular weight excluding hydrogens is 262 g/mol. The van der Waals surface area contributed by atoms with Crippen LogP contribution in [-0.2, 0) is 0 Å². The predicted octanol–water partition coefficient (Wildman–Crippen LogP) is 5.05. The van der Waals surface area contributed by atoms with E-state index in [1.807, 2.05) is 38.1 Å². The van der Waals surface area contributed by atoms with Gasteiger partial charge in [-0.05, 0) is 23.9 Å². The zero-order valence-corrected chi connectivity index (χ0v) is 13.8. The molecule has 0 amide bonds. The molecule has 0 fully saturated rings. The Kier molecular flexibility index (Phi) is 6.15. The standard InChI is InChI=1S/C14H17N3O.C3H8/c1-9-5-6-10-7-8-11(16-15-2)14(18)12(10)13(9)17(3)4;1-3-2/h5-8,18H,1-4H3;3H2,1-2H3. The largest absolute Gasteiger partial charge is 0.505 e. The first-order valence-electron chi connectivity index (χ1n) is 7.20. The van der Waals surface area contributed by atoms with Crippen molar-refractivity contribution in [2.75, 3.05) is 26.0 Å². The van der Waals surface area contributed by atoms with Gasteiger partial charge in [0.25, 0.3) is 0 Å². The highest BCUT2D eigenvalue weighted by atomic mass is 16.3. The van der Waals surface area contributed by atoms with Crippen molar-refractivity contribution in [2.45, 2.75) is 27.2 Å². The Labute approximate surface area is 127 Å². The molecule has 0 heterocycles. The van der Waals surface area contributed by atoms with E-state index in [1.54, 1.807) is 13.1 Å². The van der Waals surface area contributed by atoms with Crippen LogP contribution in [-0.4, -0.2) is 26.2 Å². The van der Waals surface area contributed by atoms with Gasteiger partial charge < -0.3 is 10.0 Å². The fourth-order valence-corrected chi connectivity index (χ4v) is 2.24. The van der Waals surface area contributed by atoms with E-state index in [2.05, 4.69) is 30.1 Å². The maximum Gasteiger partial charge on any atom is 0.152 e. The maximum atomic E-state index is 10.4. The van der Waals surface area contributed by atoms with Crippen LogP contribution < -0.4 is 4.90 Å². The molecule has 0 bridgehead atoms. The Hall–Kier alpha value is -2.10. The minimum Gasteiger partial charge on any atom is -0.505 e. The quantitative estimate of drug-likeness (QED) is 0.786. The van der Waals surface area contributed by atoms with E-state index in [-0.39, 0.29) is 5.75 Å². The van der Waals surface area contributed by atoms with E-state index >= 15 is 0 Å². The number of aryl methyl sites for hydroxylation is 1. The maximum absolute atomic E-state index is 10.4. The first-order chi connectivity index (χ1) is 9.97. The molecule has 0 spiro atoms. The summed E-state index contributed by atoms with van der Waals surface area (Å²) >= 11 is 0. The molecular formula is C17H25N3O. The summed E-state index contributed by atoms with van der Waals surface area (Å²) in [5, 5.41) is 19.8. The summed E-state index contributed by atoms with van der Waals surface area (Å²) in [5.74, 6) is 0.186. The Morgan fingerprint density at radius 1 is 1.10 bits per heavy atom. The highest BCUT2D eigenvalue weighted by molar-refractivity contribution is 6.02. The predicted molar refractivity (Wildman–Crippen MR) is 91.1 cm³/mol. The van der Waals surface area contributed by atoms with Crippen LogP contribution in [0.25, 0.3) is 10.8 Å². The first-order valence-corrected chi connectivity index (χ1v) is 7.20. The SMILES string of the molecule is CCC.CN=Nc1ccc2ccc(C)c(N(C)C)c2c1O. The lowest BCUT2D eigenvalue weighted by atomic mass is 10.0. The smallest absolute Gasteiger partial charge is 0.152 e. The minimum atomic E-state index is 0.186. The average Bonchev–Trinajstić information content (AvgIpc) is 2.43. The van der Waals surface area contributed by atoms with Crippen molar-refractivity contribution < 1.29 is 5.11 Å². The van der Waals surface area contributed by atoms with Crippen LogP contribution in [0.5, 0.6) is 5.75 Å². The Balaban J connectivity index is 0.000000677. The summed E-state index contributed by atoms with van der Waals surface area (Å²) in [6.45, 7) is 6.28. The van der Waals surface area contributed by atoms with Gasteiger partial charge in [0.2, 0.25) is 0 Å². The molecule has 4 nitrogen and oxygen atoms in total. The Morgan fingerprint density at radius 2 is 1.67 bits per heavy atom. The number of phenols is 1. The zero-order valence-electron chi connectivity index (χ0n) is 13.8. The fourth-order valence-electron chi connectivity index (χ4n) is 2.24. The molecule has 2 aromatic rings. The third-order valence-electron chi connectivity index (χ3n) is 2.97. The van der Waals surface area contributed by atoms with Gasteiger partial charge in [0, 0.05) is 26.5 Å². The van der Waals surface area contributed by atoms with Gasteiger partial charge in [-0.2, -0.15) is 10.2 Å². The number of hydrogen-bond donors (Lipinski definition) is 1. The van der Waals surface area contributed by atoms with E-state index in [0.717, 1.165) is 22.0 Å². The molecule has 2 aromatic carbocycles. The van der Waals surface area contributed by atoms with Gasteiger partial charge in [0.1, 0.15) is 5.69 Å². The zero-order chi connectivity index (χ0) is 16.0. The first kappa shape index (κ1) is 17.0. The topological polar surface area (TPSA) is 48.2 Å². The van der Waals surface area contributed by atoms with Crippen molar-refractivity contribution in [3.8, 4) is 5.75 Å². The van der Waals surface area contributed by atoms with E-state index in [4.69, 9.17) is 0 Å². The van der Waals surface area contributed by atoms with Gasteiger partial charge in [0.15, 0.2) is 5.75 Å². The number of fused-ring (bicyclic) bond motifs is 1. The van der Waals surface area contributed by atoms with Crippen LogP contribution in [0.4, 0.5) is 11.4 Å². The molecule has 4 heteroatoms. The summed E-state index contributed by atoms with van der Waals surface area (Å²) in [5.41, 5.74) is 2.63. The molecule has 2 rings (SSSR count). The molecule has 0 unspecified atom stereocenters. The molecule has 0 aromatic heterocycles. The molecule has 0 atom stereocenters. The number of rotatable bonds is 2. The van der Waals surface area contributed by atoms with Gasteiger partial charge in [-0.3, -0.25) is 0 Å². The Bertz CT molecular complexity index is 633. The third-order valence-corrected chi connectivity index (χ3v) is 2.97. The van der Waals surface area contributed by atoms with Crippen LogP contribution in [0.2, 0.25) is 0 Å². The molecule has 0 saturated heterocycles. The van der Waals surface area contributed by atoms with E-state index in [9.17, 15) is 5.11 Å². The van der Waals surface area contributed by atoms with Crippen LogP contribution in [0.3, 0.4) is 0 Å². The monoisotopic (exact) mass is 287 g/mol. The van der Waals surface area contributed by atoms with Gasteiger partial charge in [-0.1, -0.05) is 38.5 Å². The number of aromatic hydroxyl groups is 1. The van der Waals surface area contributed by atoms with E-state index in [1.165, 1.54) is 6.42 Å². The highest BCUT2D eigenvalue weighted by Crippen LogP contribution is 2.41. The molecule has 0 aliphatic carbocycles. The van der Waals surface area contributed by atoms with Crippen molar-refractivity contribution in [1.82, 2.24) is 0 Å². The van der Waals surface area contributed by atoms with Gasteiger partial charge >= 0.3 is 0 Å². The van der Waals surface area contributed by atoms with E-state index < -0.39 is 0 Å². The van der Waals surface area contributed by atoms with Crippen molar-refractivity contribution in [1.29, 1.82) is 0 Å². The van der Waals surface area contributed by atoms with Crippen molar-refractivity contribution in [3.63, 3.8) is 0 Å². The van der Waals surface area contributed by atoms with Gasteiger partial charge in [-0.25, -0.2) is 0 Å². The number of nitrogens with zero attached hydrogens (tertiary/aromatic N) is 3. The number of benzene rings is 2. The molecule has 21 heavy (non-hydrogen) atoms. The van der Waals surface area contributed by atoms with Gasteiger partial charge in [-0.15, -0.1) is 0 Å². The average molecular weight is 287 g/mol. The lowest BCUT2D eigenvalue weighted by Crippen LogP contribution is -2.10. The summed E-state index contributed by atoms with van der Waals surface area (Å²) in [6.07, 6.45) is 1.25. The fraction of sp³-hybridized carbons (Fsp3) is 0.412. The second-order valence-corrected chi connectivity index (χ2v) is 5.16. The minimum absolute atomic E-state index is 0.186. The highest BCUT2D eigenvalue weighted by Gasteiger charge is 2.13. The normalized spacial score (nSPS) is 10.6. The second kappa shape index (κ2) is 7.62. The molecule has 114 valence electrons. The molecule has 0 saturated carbocycles.